The topological polar surface area (TPSA) is 76.6 Å². The zero-order chi connectivity index (χ0) is 18.1. The monoisotopic (exact) mass is 371 g/mol. The van der Waals surface area contributed by atoms with Crippen LogP contribution in [0.2, 0.25) is 0 Å². The maximum atomic E-state index is 12.5. The fraction of sp³-hybridized carbons (Fsp3) is 0.222. The zero-order valence-electron chi connectivity index (χ0n) is 14.2. The molecule has 0 aliphatic carbocycles. The maximum absolute atomic E-state index is 12.5. The highest BCUT2D eigenvalue weighted by molar-refractivity contribution is 7.71. The quantitative estimate of drug-likeness (QED) is 0.606. The van der Waals surface area contributed by atoms with E-state index in [1.54, 1.807) is 13.4 Å². The molecule has 26 heavy (non-hydrogen) atoms. The Bertz CT molecular complexity index is 1020. The summed E-state index contributed by atoms with van der Waals surface area (Å²) >= 11 is 5.41. The van der Waals surface area contributed by atoms with Crippen LogP contribution in [-0.4, -0.2) is 23.3 Å². The summed E-state index contributed by atoms with van der Waals surface area (Å²) < 4.78 is 12.8. The minimum Gasteiger partial charge on any atom is -0.497 e. The zero-order valence-corrected chi connectivity index (χ0v) is 15.1. The van der Waals surface area contributed by atoms with Crippen LogP contribution in [0.3, 0.4) is 0 Å². The van der Waals surface area contributed by atoms with E-state index < -0.39 is 0 Å². The van der Waals surface area contributed by atoms with Gasteiger partial charge in [0, 0.05) is 0 Å². The Kier molecular flexibility index (Phi) is 4.36. The number of H-pyrrole nitrogens is 1. The first kappa shape index (κ1) is 16.6. The normalized spacial score (nSPS) is 16.0. The third-order valence-corrected chi connectivity index (χ3v) is 4.76. The lowest BCUT2D eigenvalue weighted by Crippen LogP contribution is -3.11. The molecule has 0 bridgehead atoms. The number of aromatic amines is 1. The first-order valence-corrected chi connectivity index (χ1v) is 8.69. The van der Waals surface area contributed by atoms with Crippen LogP contribution in [0.25, 0.3) is 5.69 Å². The number of aromatic nitrogens is 2. The number of hydrogen-bond donors (Lipinski definition) is 3. The van der Waals surface area contributed by atoms with Gasteiger partial charge < -0.3 is 19.4 Å². The van der Waals surface area contributed by atoms with E-state index in [2.05, 4.69) is 10.3 Å². The summed E-state index contributed by atoms with van der Waals surface area (Å²) in [6, 6.07) is 11.4. The lowest BCUT2D eigenvalue weighted by molar-refractivity contribution is -0.926. The van der Waals surface area contributed by atoms with Gasteiger partial charge in [-0.15, -0.1) is 0 Å². The molecule has 1 aromatic carbocycles. The summed E-state index contributed by atoms with van der Waals surface area (Å²) in [6.45, 7) is 1.96. The molecule has 0 spiro atoms. The van der Waals surface area contributed by atoms with Crippen molar-refractivity contribution in [1.29, 1.82) is 0 Å². The molecule has 7 nitrogen and oxygen atoms in total. The molecule has 3 heterocycles. The molecule has 1 aliphatic rings. The molecule has 3 N–H and O–H groups in total. The van der Waals surface area contributed by atoms with Crippen LogP contribution in [0.5, 0.6) is 5.75 Å². The SMILES string of the molecule is COc1ccc(-n2c3c(c(=O)[nH]c2=S)C[NH+](Cc2ccco2)CN3)cc1. The van der Waals surface area contributed by atoms with Gasteiger partial charge in [-0.2, -0.15) is 0 Å². The van der Waals surface area contributed by atoms with Crippen molar-refractivity contribution in [2.45, 2.75) is 13.1 Å². The van der Waals surface area contributed by atoms with Gasteiger partial charge in [-0.3, -0.25) is 14.3 Å². The van der Waals surface area contributed by atoms with E-state index in [-0.39, 0.29) is 5.56 Å². The van der Waals surface area contributed by atoms with E-state index in [0.29, 0.717) is 30.1 Å². The van der Waals surface area contributed by atoms with Gasteiger partial charge >= 0.3 is 0 Å². The van der Waals surface area contributed by atoms with E-state index in [4.69, 9.17) is 21.4 Å². The van der Waals surface area contributed by atoms with Crippen LogP contribution in [0.15, 0.2) is 51.9 Å². The largest absolute Gasteiger partial charge is 0.497 e. The third-order valence-electron chi connectivity index (χ3n) is 4.47. The van der Waals surface area contributed by atoms with Crippen LogP contribution in [0.1, 0.15) is 11.3 Å². The van der Waals surface area contributed by atoms with Crippen LogP contribution in [0, 0.1) is 4.77 Å². The highest BCUT2D eigenvalue weighted by atomic mass is 32.1. The number of methoxy groups -OCH3 is 1. The molecular formula is C18H19N4O3S+. The predicted molar refractivity (Wildman–Crippen MR) is 99.3 cm³/mol. The summed E-state index contributed by atoms with van der Waals surface area (Å²) in [4.78, 5) is 16.5. The van der Waals surface area contributed by atoms with Gasteiger partial charge in [0.1, 0.15) is 30.2 Å². The number of rotatable bonds is 4. The number of nitrogens with zero attached hydrogens (tertiary/aromatic N) is 1. The lowest BCUT2D eigenvalue weighted by atomic mass is 10.2. The van der Waals surface area contributed by atoms with Gasteiger partial charge in [0.25, 0.3) is 5.56 Å². The van der Waals surface area contributed by atoms with Gasteiger partial charge in [0.05, 0.1) is 19.1 Å². The molecule has 8 heteroatoms. The molecule has 3 aromatic rings. The van der Waals surface area contributed by atoms with Crippen molar-refractivity contribution >= 4 is 18.0 Å². The molecule has 0 saturated heterocycles. The van der Waals surface area contributed by atoms with Crippen LogP contribution in [-0.2, 0) is 13.1 Å². The van der Waals surface area contributed by atoms with Crippen molar-refractivity contribution in [2.75, 3.05) is 19.1 Å². The van der Waals surface area contributed by atoms with Crippen molar-refractivity contribution in [3.63, 3.8) is 0 Å². The van der Waals surface area contributed by atoms with Crippen LogP contribution in [0.4, 0.5) is 5.82 Å². The fourth-order valence-corrected chi connectivity index (χ4v) is 3.50. The average molecular weight is 371 g/mol. The average Bonchev–Trinajstić information content (AvgIpc) is 3.16. The molecule has 0 amide bonds. The number of nitrogens with one attached hydrogen (secondary N) is 3. The van der Waals surface area contributed by atoms with Gasteiger partial charge in [-0.05, 0) is 48.6 Å². The van der Waals surface area contributed by atoms with Crippen molar-refractivity contribution < 1.29 is 14.1 Å². The minimum atomic E-state index is -0.154. The van der Waals surface area contributed by atoms with Crippen molar-refractivity contribution in [1.82, 2.24) is 9.55 Å². The lowest BCUT2D eigenvalue weighted by Gasteiger charge is -2.28. The van der Waals surface area contributed by atoms with E-state index in [0.717, 1.165) is 23.0 Å². The van der Waals surface area contributed by atoms with Gasteiger partial charge in [0.15, 0.2) is 17.2 Å². The molecule has 0 saturated carbocycles. The summed E-state index contributed by atoms with van der Waals surface area (Å²) in [7, 11) is 1.63. The summed E-state index contributed by atoms with van der Waals surface area (Å²) in [5.41, 5.74) is 1.39. The van der Waals surface area contributed by atoms with Crippen molar-refractivity contribution in [2.24, 2.45) is 0 Å². The predicted octanol–water partition coefficient (Wildman–Crippen LogP) is 1.46. The number of fused-ring (bicyclic) bond motifs is 1. The van der Waals surface area contributed by atoms with Gasteiger partial charge in [-0.25, -0.2) is 0 Å². The second-order valence-electron chi connectivity index (χ2n) is 6.16. The summed E-state index contributed by atoms with van der Waals surface area (Å²) in [5.74, 6) is 2.40. The number of ether oxygens (including phenoxy) is 1. The second kappa shape index (κ2) is 6.81. The highest BCUT2D eigenvalue weighted by Crippen LogP contribution is 2.21. The number of quaternary nitrogens is 1. The summed E-state index contributed by atoms with van der Waals surface area (Å²) in [5, 5.41) is 3.37. The van der Waals surface area contributed by atoms with Crippen LogP contribution < -0.4 is 20.5 Å². The van der Waals surface area contributed by atoms with E-state index in [1.165, 1.54) is 4.90 Å². The Morgan fingerprint density at radius 2 is 2.12 bits per heavy atom. The Hall–Kier alpha value is -2.84. The standard InChI is InChI=1S/C18H18N4O3S/c1-24-13-6-4-12(5-7-13)22-16-15(17(23)20-18(22)26)10-21(11-19-16)9-14-3-2-8-25-14/h2-8,19H,9-11H2,1H3,(H,20,23,26)/p+1. The van der Waals surface area contributed by atoms with Gasteiger partial charge in [-0.1, -0.05) is 0 Å². The maximum Gasteiger partial charge on any atom is 0.262 e. The molecule has 2 aromatic heterocycles. The van der Waals surface area contributed by atoms with Gasteiger partial charge in [0.2, 0.25) is 0 Å². The fourth-order valence-electron chi connectivity index (χ4n) is 3.21. The van der Waals surface area contributed by atoms with Crippen molar-refractivity contribution in [3.05, 3.63) is 69.1 Å². The van der Waals surface area contributed by atoms with E-state index in [9.17, 15) is 4.79 Å². The minimum absolute atomic E-state index is 0.154. The van der Waals surface area contributed by atoms with E-state index in [1.807, 2.05) is 41.0 Å². The number of anilines is 1. The molecule has 1 unspecified atom stereocenters. The Morgan fingerprint density at radius 3 is 2.81 bits per heavy atom. The number of hydrogen-bond acceptors (Lipinski definition) is 5. The van der Waals surface area contributed by atoms with Crippen LogP contribution >= 0.6 is 12.2 Å². The first-order valence-electron chi connectivity index (χ1n) is 8.28. The third kappa shape index (κ3) is 3.04. The first-order chi connectivity index (χ1) is 12.7. The number of furan rings is 1. The summed E-state index contributed by atoms with van der Waals surface area (Å²) in [6.07, 6.45) is 1.66. The Morgan fingerprint density at radius 1 is 1.31 bits per heavy atom. The molecule has 0 radical (unpaired) electrons. The number of benzene rings is 1. The molecule has 1 atom stereocenters. The smallest absolute Gasteiger partial charge is 0.262 e. The molecular weight excluding hydrogens is 352 g/mol. The Balaban J connectivity index is 1.72. The molecule has 0 fully saturated rings. The Labute approximate surface area is 154 Å². The molecule has 4 rings (SSSR count). The van der Waals surface area contributed by atoms with E-state index >= 15 is 0 Å². The molecule has 134 valence electrons. The van der Waals surface area contributed by atoms with Crippen molar-refractivity contribution in [3.8, 4) is 11.4 Å². The molecule has 1 aliphatic heterocycles. The second-order valence-corrected chi connectivity index (χ2v) is 6.54. The highest BCUT2D eigenvalue weighted by Gasteiger charge is 2.26.